The maximum Gasteiger partial charge on any atom is 0.223 e. The molecular formula is C21H21Cl2NO. The molecule has 0 radical (unpaired) electrons. The van der Waals surface area contributed by atoms with Crippen LogP contribution in [0.25, 0.3) is 0 Å². The Hall–Kier alpha value is -1.51. The monoisotopic (exact) mass is 373 g/mol. The Morgan fingerprint density at radius 1 is 0.920 bits per heavy atom. The van der Waals surface area contributed by atoms with Crippen molar-refractivity contribution < 1.29 is 4.79 Å². The highest BCUT2D eigenvalue weighted by molar-refractivity contribution is 6.30. The van der Waals surface area contributed by atoms with Gasteiger partial charge in [-0.05, 0) is 60.6 Å². The highest BCUT2D eigenvalue weighted by Crippen LogP contribution is 2.45. The van der Waals surface area contributed by atoms with Gasteiger partial charge in [-0.1, -0.05) is 47.5 Å². The van der Waals surface area contributed by atoms with Crippen LogP contribution < -0.4 is 0 Å². The summed E-state index contributed by atoms with van der Waals surface area (Å²) in [6, 6.07) is 16.1. The number of halogens is 2. The molecule has 1 aliphatic heterocycles. The Labute approximate surface area is 158 Å². The number of carbonyl (C=O) groups is 1. The molecule has 0 bridgehead atoms. The summed E-state index contributed by atoms with van der Waals surface area (Å²) in [5.74, 6) is 1.19. The molecule has 0 N–H and O–H groups in total. The second-order valence-corrected chi connectivity index (χ2v) is 8.06. The van der Waals surface area contributed by atoms with Gasteiger partial charge in [0.2, 0.25) is 5.91 Å². The van der Waals surface area contributed by atoms with Crippen LogP contribution in [0.1, 0.15) is 48.8 Å². The molecule has 1 amide bonds. The summed E-state index contributed by atoms with van der Waals surface area (Å²) in [6.45, 7) is 0.864. The number of hydrogen-bond acceptors (Lipinski definition) is 1. The van der Waals surface area contributed by atoms with Crippen LogP contribution in [0.3, 0.4) is 0 Å². The second-order valence-electron chi connectivity index (χ2n) is 7.19. The quantitative estimate of drug-likeness (QED) is 0.657. The second kappa shape index (κ2) is 7.01. The van der Waals surface area contributed by atoms with Crippen LogP contribution in [0, 0.1) is 5.92 Å². The Morgan fingerprint density at radius 2 is 1.68 bits per heavy atom. The van der Waals surface area contributed by atoms with Gasteiger partial charge in [-0.2, -0.15) is 0 Å². The highest BCUT2D eigenvalue weighted by atomic mass is 35.5. The largest absolute Gasteiger partial charge is 0.335 e. The van der Waals surface area contributed by atoms with E-state index in [1.807, 2.05) is 30.3 Å². The molecule has 130 valence electrons. The Bertz CT molecular complexity index is 770. The summed E-state index contributed by atoms with van der Waals surface area (Å²) in [6.07, 6.45) is 3.93. The lowest BCUT2D eigenvalue weighted by molar-refractivity contribution is -0.137. The lowest BCUT2D eigenvalue weighted by atomic mass is 9.79. The van der Waals surface area contributed by atoms with Crippen LogP contribution in [-0.4, -0.2) is 17.4 Å². The topological polar surface area (TPSA) is 20.3 Å². The molecule has 1 aliphatic carbocycles. The zero-order valence-electron chi connectivity index (χ0n) is 14.0. The lowest BCUT2D eigenvalue weighted by Gasteiger charge is -2.42. The average Bonchev–Trinajstić information content (AvgIpc) is 3.42. The van der Waals surface area contributed by atoms with Crippen molar-refractivity contribution in [1.29, 1.82) is 0 Å². The Morgan fingerprint density at radius 3 is 2.36 bits per heavy atom. The van der Waals surface area contributed by atoms with E-state index in [4.69, 9.17) is 23.2 Å². The van der Waals surface area contributed by atoms with Crippen molar-refractivity contribution in [1.82, 2.24) is 4.90 Å². The van der Waals surface area contributed by atoms with Gasteiger partial charge in [-0.15, -0.1) is 0 Å². The average molecular weight is 374 g/mol. The number of piperidine rings is 1. The van der Waals surface area contributed by atoms with Gasteiger partial charge in [-0.25, -0.2) is 0 Å². The number of amides is 1. The predicted octanol–water partition coefficient (Wildman–Crippen LogP) is 5.85. The van der Waals surface area contributed by atoms with E-state index in [0.717, 1.165) is 28.6 Å². The van der Waals surface area contributed by atoms with Crippen molar-refractivity contribution in [2.45, 2.75) is 37.6 Å². The molecule has 1 heterocycles. The van der Waals surface area contributed by atoms with E-state index in [2.05, 4.69) is 23.1 Å². The van der Waals surface area contributed by atoms with Crippen molar-refractivity contribution in [3.8, 4) is 0 Å². The SMILES string of the molecule is O=C1CC[C@H](c2cccc(Cl)c2)[C@@H](c2ccc(Cl)cc2)N1CC1CC1. The maximum absolute atomic E-state index is 12.7. The minimum atomic E-state index is 0.0533. The molecule has 0 unspecified atom stereocenters. The minimum absolute atomic E-state index is 0.0533. The van der Waals surface area contributed by atoms with Gasteiger partial charge in [0.1, 0.15) is 0 Å². The molecule has 4 rings (SSSR count). The number of rotatable bonds is 4. The molecule has 2 aliphatic rings. The molecule has 2 nitrogen and oxygen atoms in total. The highest BCUT2D eigenvalue weighted by Gasteiger charge is 2.40. The van der Waals surface area contributed by atoms with Gasteiger partial charge in [0, 0.05) is 28.9 Å². The Kier molecular flexibility index (Phi) is 4.75. The van der Waals surface area contributed by atoms with Crippen LogP contribution in [0.4, 0.5) is 0 Å². The summed E-state index contributed by atoms with van der Waals surface area (Å²) in [7, 11) is 0. The van der Waals surface area contributed by atoms with Gasteiger partial charge in [0.25, 0.3) is 0 Å². The molecule has 2 atom stereocenters. The first-order valence-electron chi connectivity index (χ1n) is 8.92. The third kappa shape index (κ3) is 3.70. The van der Waals surface area contributed by atoms with Crippen molar-refractivity contribution in [3.63, 3.8) is 0 Å². The minimum Gasteiger partial charge on any atom is -0.335 e. The molecular weight excluding hydrogens is 353 g/mol. The van der Waals surface area contributed by atoms with Crippen LogP contribution in [0.15, 0.2) is 48.5 Å². The maximum atomic E-state index is 12.7. The van der Waals surface area contributed by atoms with Crippen LogP contribution in [0.2, 0.25) is 10.0 Å². The number of carbonyl (C=O) groups excluding carboxylic acids is 1. The summed E-state index contributed by atoms with van der Waals surface area (Å²) < 4.78 is 0. The molecule has 4 heteroatoms. The van der Waals surface area contributed by atoms with Crippen LogP contribution >= 0.6 is 23.2 Å². The fourth-order valence-electron chi connectivity index (χ4n) is 3.91. The van der Waals surface area contributed by atoms with Crippen molar-refractivity contribution in [2.75, 3.05) is 6.54 Å². The predicted molar refractivity (Wildman–Crippen MR) is 102 cm³/mol. The Balaban J connectivity index is 1.74. The normalized spacial score (nSPS) is 23.8. The third-order valence-electron chi connectivity index (χ3n) is 5.35. The zero-order chi connectivity index (χ0) is 17.4. The van der Waals surface area contributed by atoms with Gasteiger partial charge < -0.3 is 4.90 Å². The molecule has 1 saturated carbocycles. The number of likely N-dealkylation sites (tertiary alicyclic amines) is 1. The summed E-state index contributed by atoms with van der Waals surface area (Å²) in [4.78, 5) is 14.8. The first-order chi connectivity index (χ1) is 12.1. The van der Waals surface area contributed by atoms with Crippen LogP contribution in [0.5, 0.6) is 0 Å². The van der Waals surface area contributed by atoms with Gasteiger partial charge in [-0.3, -0.25) is 4.79 Å². The van der Waals surface area contributed by atoms with E-state index in [9.17, 15) is 4.79 Å². The molecule has 0 aromatic heterocycles. The van der Waals surface area contributed by atoms with Crippen molar-refractivity contribution >= 4 is 29.1 Å². The van der Waals surface area contributed by atoms with Crippen molar-refractivity contribution in [2.24, 2.45) is 5.92 Å². The third-order valence-corrected chi connectivity index (χ3v) is 5.83. The van der Waals surface area contributed by atoms with Crippen LogP contribution in [-0.2, 0) is 4.79 Å². The molecule has 0 spiro atoms. The fourth-order valence-corrected chi connectivity index (χ4v) is 4.23. The van der Waals surface area contributed by atoms with Gasteiger partial charge >= 0.3 is 0 Å². The first kappa shape index (κ1) is 16.9. The van der Waals surface area contributed by atoms with E-state index >= 15 is 0 Å². The van der Waals surface area contributed by atoms with Gasteiger partial charge in [0.05, 0.1) is 6.04 Å². The number of benzene rings is 2. The van der Waals surface area contributed by atoms with E-state index in [0.29, 0.717) is 12.3 Å². The zero-order valence-corrected chi connectivity index (χ0v) is 15.5. The number of hydrogen-bond donors (Lipinski definition) is 0. The van der Waals surface area contributed by atoms with Crippen molar-refractivity contribution in [3.05, 3.63) is 69.7 Å². The van der Waals surface area contributed by atoms with E-state index in [1.54, 1.807) is 0 Å². The lowest BCUT2D eigenvalue weighted by Crippen LogP contribution is -2.43. The summed E-state index contributed by atoms with van der Waals surface area (Å²) >= 11 is 12.3. The standard InChI is InChI=1S/C21H21Cl2NO/c22-17-8-6-15(7-9-17)21-19(16-2-1-3-18(23)12-16)10-11-20(25)24(21)13-14-4-5-14/h1-3,6-9,12,14,19,21H,4-5,10-11,13H2/t19-,21-/m1/s1. The summed E-state index contributed by atoms with van der Waals surface area (Å²) in [5, 5.41) is 1.47. The molecule has 2 aromatic carbocycles. The van der Waals surface area contributed by atoms with E-state index < -0.39 is 0 Å². The molecule has 1 saturated heterocycles. The number of nitrogens with zero attached hydrogens (tertiary/aromatic N) is 1. The van der Waals surface area contributed by atoms with Gasteiger partial charge in [0.15, 0.2) is 0 Å². The molecule has 2 fully saturated rings. The fraction of sp³-hybridized carbons (Fsp3) is 0.381. The molecule has 25 heavy (non-hydrogen) atoms. The first-order valence-corrected chi connectivity index (χ1v) is 9.68. The smallest absolute Gasteiger partial charge is 0.223 e. The van der Waals surface area contributed by atoms with E-state index in [-0.39, 0.29) is 17.9 Å². The van der Waals surface area contributed by atoms with E-state index in [1.165, 1.54) is 18.4 Å². The molecule has 2 aromatic rings. The summed E-state index contributed by atoms with van der Waals surface area (Å²) in [5.41, 5.74) is 2.36.